The third-order valence-electron chi connectivity index (χ3n) is 9.78. The van der Waals surface area contributed by atoms with E-state index in [-0.39, 0.29) is 20.1 Å². The molecular formula is C51H34IrN-. The van der Waals surface area contributed by atoms with E-state index in [1.165, 1.54) is 55.5 Å². The van der Waals surface area contributed by atoms with Crippen molar-refractivity contribution in [1.82, 2.24) is 4.98 Å². The van der Waals surface area contributed by atoms with Crippen LogP contribution >= 0.6 is 0 Å². The van der Waals surface area contributed by atoms with Crippen LogP contribution < -0.4 is 0 Å². The average molecular weight is 853 g/mol. The first-order chi connectivity index (χ1) is 25.7. The molecule has 0 fully saturated rings. The van der Waals surface area contributed by atoms with Gasteiger partial charge in [-0.1, -0.05) is 133 Å². The number of hydrogen-bond acceptors (Lipinski definition) is 1. The van der Waals surface area contributed by atoms with Crippen LogP contribution in [0.4, 0.5) is 0 Å². The molecule has 1 heterocycles. The largest absolute Gasteiger partial charge is 0.304 e. The Kier molecular flexibility index (Phi) is 9.73. The second-order valence-electron chi connectivity index (χ2n) is 13.1. The molecule has 0 amide bonds. The molecule has 9 aromatic rings. The van der Waals surface area contributed by atoms with E-state index in [4.69, 9.17) is 4.98 Å². The molecule has 0 atom stereocenters. The summed E-state index contributed by atoms with van der Waals surface area (Å²) in [7, 11) is 0. The molecule has 8 aromatic carbocycles. The molecule has 253 valence electrons. The van der Waals surface area contributed by atoms with E-state index < -0.39 is 0 Å². The number of rotatable bonds is 7. The fourth-order valence-corrected chi connectivity index (χ4v) is 7.14. The van der Waals surface area contributed by atoms with Crippen molar-refractivity contribution >= 4 is 10.8 Å². The number of pyridine rings is 1. The van der Waals surface area contributed by atoms with Crippen LogP contribution in [0.3, 0.4) is 0 Å². The smallest absolute Gasteiger partial charge is 0.0167 e. The number of nitrogens with zero attached hydrogens (tertiary/aromatic N) is 1. The summed E-state index contributed by atoms with van der Waals surface area (Å²) in [4.78, 5) is 4.77. The molecule has 0 saturated carbocycles. The predicted molar refractivity (Wildman–Crippen MR) is 219 cm³/mol. The maximum atomic E-state index is 4.77. The number of benzene rings is 8. The Hall–Kier alpha value is -6.18. The van der Waals surface area contributed by atoms with Gasteiger partial charge in [-0.25, -0.2) is 0 Å². The van der Waals surface area contributed by atoms with Crippen molar-refractivity contribution in [1.29, 1.82) is 0 Å². The van der Waals surface area contributed by atoms with E-state index in [1.807, 2.05) is 12.3 Å². The second-order valence-corrected chi connectivity index (χ2v) is 13.1. The van der Waals surface area contributed by atoms with E-state index in [9.17, 15) is 0 Å². The van der Waals surface area contributed by atoms with Gasteiger partial charge in [0.15, 0.2) is 0 Å². The van der Waals surface area contributed by atoms with Crippen molar-refractivity contribution in [2.45, 2.75) is 0 Å². The minimum absolute atomic E-state index is 0. The van der Waals surface area contributed by atoms with Gasteiger partial charge in [-0.3, -0.25) is 0 Å². The Balaban J connectivity index is 0.00000400. The van der Waals surface area contributed by atoms with Crippen LogP contribution in [0.2, 0.25) is 0 Å². The van der Waals surface area contributed by atoms with Crippen molar-refractivity contribution < 1.29 is 20.1 Å². The second kappa shape index (κ2) is 15.2. The Morgan fingerprint density at radius 2 is 0.717 bits per heavy atom. The van der Waals surface area contributed by atoms with Crippen LogP contribution in [0.25, 0.3) is 88.8 Å². The van der Waals surface area contributed by atoms with Gasteiger partial charge in [-0.15, -0.1) is 35.4 Å². The molecular weight excluding hydrogens is 819 g/mol. The van der Waals surface area contributed by atoms with Crippen molar-refractivity contribution in [3.63, 3.8) is 0 Å². The predicted octanol–water partition coefficient (Wildman–Crippen LogP) is 13.7. The first-order valence-electron chi connectivity index (χ1n) is 17.7. The van der Waals surface area contributed by atoms with E-state index >= 15 is 0 Å². The van der Waals surface area contributed by atoms with Crippen LogP contribution in [-0.2, 0) is 20.1 Å². The molecule has 9 rings (SSSR count). The van der Waals surface area contributed by atoms with Crippen molar-refractivity contribution in [2.75, 3.05) is 0 Å². The maximum absolute atomic E-state index is 4.77. The van der Waals surface area contributed by atoms with Crippen LogP contribution in [0.15, 0.2) is 206 Å². The van der Waals surface area contributed by atoms with E-state index in [0.717, 1.165) is 33.3 Å². The fourth-order valence-electron chi connectivity index (χ4n) is 7.14. The summed E-state index contributed by atoms with van der Waals surface area (Å²) in [5.41, 5.74) is 16.1. The molecule has 53 heavy (non-hydrogen) atoms. The Labute approximate surface area is 324 Å². The molecule has 0 N–H and O–H groups in total. The maximum Gasteiger partial charge on any atom is 0.0167 e. The van der Waals surface area contributed by atoms with E-state index in [2.05, 4.69) is 200 Å². The van der Waals surface area contributed by atoms with Gasteiger partial charge in [0.25, 0.3) is 0 Å². The van der Waals surface area contributed by atoms with Crippen LogP contribution in [0.1, 0.15) is 0 Å². The van der Waals surface area contributed by atoms with E-state index in [0.29, 0.717) is 0 Å². The quantitative estimate of drug-likeness (QED) is 0.146. The topological polar surface area (TPSA) is 12.9 Å². The third-order valence-corrected chi connectivity index (χ3v) is 9.78. The molecule has 0 aliphatic carbocycles. The molecule has 0 aliphatic rings. The summed E-state index contributed by atoms with van der Waals surface area (Å²) in [6, 6.07) is 75.1. The van der Waals surface area contributed by atoms with Gasteiger partial charge in [-0.05, 0) is 126 Å². The summed E-state index contributed by atoms with van der Waals surface area (Å²) in [5.74, 6) is 0. The molecule has 0 spiro atoms. The molecule has 2 heteroatoms. The standard InChI is InChI=1S/C51H34N.Ir/c1-4-14-36(15-5-1)44-30-45(37-16-6-2-7-17-37)33-48(32-44)49-34-46(38-18-8-3-9-19-38)31-47(35-49)42-23-12-21-40(28-42)41-22-13-24-43(29-41)51-50-25-11-10-20-39(50)26-27-52-51;/h1-23,25-35H;/q-1;. The average Bonchev–Trinajstić information content (AvgIpc) is 3.24. The minimum Gasteiger partial charge on any atom is -0.304 e. The number of hydrogen-bond donors (Lipinski definition) is 0. The molecule has 0 aliphatic heterocycles. The van der Waals surface area contributed by atoms with Crippen molar-refractivity contribution in [3.05, 3.63) is 212 Å². The Morgan fingerprint density at radius 3 is 1.26 bits per heavy atom. The van der Waals surface area contributed by atoms with Gasteiger partial charge in [-0.2, -0.15) is 0 Å². The summed E-state index contributed by atoms with van der Waals surface area (Å²) >= 11 is 0. The monoisotopic (exact) mass is 853 g/mol. The molecule has 0 bridgehead atoms. The zero-order chi connectivity index (χ0) is 34.7. The van der Waals surface area contributed by atoms with Gasteiger partial charge < -0.3 is 4.98 Å². The summed E-state index contributed by atoms with van der Waals surface area (Å²) < 4.78 is 0. The Morgan fingerprint density at radius 1 is 0.321 bits per heavy atom. The van der Waals surface area contributed by atoms with Crippen molar-refractivity contribution in [3.8, 4) is 78.0 Å². The van der Waals surface area contributed by atoms with Gasteiger partial charge in [0, 0.05) is 26.3 Å². The van der Waals surface area contributed by atoms with Gasteiger partial charge >= 0.3 is 0 Å². The summed E-state index contributed by atoms with van der Waals surface area (Å²) in [6.45, 7) is 0. The SMILES string of the molecule is [Ir].[c-]1ccc(-c2cccc(-c3cc(-c4ccccc4)cc(-c4cc(-c5ccccc5)cc(-c5ccccc5)c4)c3)c2)cc1-c1nccc2ccccc12. The van der Waals surface area contributed by atoms with Gasteiger partial charge in [0.1, 0.15) is 0 Å². The first kappa shape index (κ1) is 33.9. The zero-order valence-electron chi connectivity index (χ0n) is 28.9. The number of fused-ring (bicyclic) bond motifs is 1. The first-order valence-corrected chi connectivity index (χ1v) is 17.7. The van der Waals surface area contributed by atoms with Crippen LogP contribution in [0, 0.1) is 6.07 Å². The van der Waals surface area contributed by atoms with Crippen molar-refractivity contribution in [2.24, 2.45) is 0 Å². The molecule has 0 saturated heterocycles. The van der Waals surface area contributed by atoms with Crippen LogP contribution in [-0.4, -0.2) is 4.98 Å². The molecule has 1 radical (unpaired) electrons. The summed E-state index contributed by atoms with van der Waals surface area (Å²) in [5, 5.41) is 2.30. The molecule has 1 nitrogen and oxygen atoms in total. The van der Waals surface area contributed by atoms with E-state index in [1.54, 1.807) is 0 Å². The third kappa shape index (κ3) is 7.16. The number of aromatic nitrogens is 1. The van der Waals surface area contributed by atoms with Gasteiger partial charge in [0.05, 0.1) is 0 Å². The molecule has 1 aromatic heterocycles. The summed E-state index contributed by atoms with van der Waals surface area (Å²) in [6.07, 6.45) is 1.88. The Bertz CT molecular complexity index is 2600. The molecule has 0 unspecified atom stereocenters. The normalized spacial score (nSPS) is 10.9. The van der Waals surface area contributed by atoms with Gasteiger partial charge in [0.2, 0.25) is 0 Å². The zero-order valence-corrected chi connectivity index (χ0v) is 31.3. The fraction of sp³-hybridized carbons (Fsp3) is 0. The van der Waals surface area contributed by atoms with Crippen LogP contribution in [0.5, 0.6) is 0 Å². The minimum atomic E-state index is 0.